The van der Waals surface area contributed by atoms with Gasteiger partial charge in [-0.1, -0.05) is 22.0 Å². The Kier molecular flexibility index (Phi) is 2.64. The van der Waals surface area contributed by atoms with E-state index < -0.39 is 5.60 Å². The molecule has 1 atom stereocenters. The minimum Gasteiger partial charge on any atom is -0.393 e. The fourth-order valence-corrected chi connectivity index (χ4v) is 2.46. The molecule has 0 aromatic heterocycles. The molecule has 3 heteroatoms. The highest BCUT2D eigenvalue weighted by atomic mass is 79.9. The molecule has 0 spiro atoms. The van der Waals surface area contributed by atoms with Crippen LogP contribution in [0.4, 0.5) is 0 Å². The number of ether oxygens (including phenoxy) is 1. The molecular formula is C11H13BrO2. The van der Waals surface area contributed by atoms with Crippen molar-refractivity contribution < 1.29 is 9.84 Å². The molecule has 0 fully saturated rings. The molecule has 1 aliphatic rings. The molecule has 0 saturated carbocycles. The Morgan fingerprint density at radius 3 is 3.00 bits per heavy atom. The number of fused-ring (bicyclic) bond motifs is 1. The summed E-state index contributed by atoms with van der Waals surface area (Å²) in [4.78, 5) is 0. The van der Waals surface area contributed by atoms with E-state index in [4.69, 9.17) is 4.74 Å². The Hall–Kier alpha value is -0.380. The van der Waals surface area contributed by atoms with Crippen LogP contribution in [-0.4, -0.2) is 18.8 Å². The van der Waals surface area contributed by atoms with E-state index in [0.29, 0.717) is 0 Å². The van der Waals surface area contributed by atoms with Crippen molar-refractivity contribution >= 4 is 15.9 Å². The molecule has 1 aliphatic carbocycles. The molecule has 1 aromatic carbocycles. The maximum absolute atomic E-state index is 9.41. The van der Waals surface area contributed by atoms with Crippen LogP contribution in [0, 0.1) is 0 Å². The second kappa shape index (κ2) is 3.65. The number of benzene rings is 1. The Morgan fingerprint density at radius 1 is 1.57 bits per heavy atom. The SMILES string of the molecule is COC1(CO)CCc2ccc(Br)cc21. The van der Waals surface area contributed by atoms with Crippen molar-refractivity contribution in [3.63, 3.8) is 0 Å². The second-order valence-corrected chi connectivity index (χ2v) is 4.57. The van der Waals surface area contributed by atoms with Crippen LogP contribution in [0.25, 0.3) is 0 Å². The Balaban J connectivity index is 2.51. The van der Waals surface area contributed by atoms with Crippen LogP contribution in [0.2, 0.25) is 0 Å². The molecule has 1 aromatic rings. The normalized spacial score (nSPS) is 25.1. The van der Waals surface area contributed by atoms with Crippen molar-refractivity contribution in [3.8, 4) is 0 Å². The van der Waals surface area contributed by atoms with Gasteiger partial charge in [-0.15, -0.1) is 0 Å². The zero-order valence-electron chi connectivity index (χ0n) is 8.09. The Labute approximate surface area is 92.0 Å². The van der Waals surface area contributed by atoms with Crippen molar-refractivity contribution in [2.75, 3.05) is 13.7 Å². The quantitative estimate of drug-likeness (QED) is 0.880. The third kappa shape index (κ3) is 1.40. The zero-order valence-corrected chi connectivity index (χ0v) is 9.67. The molecule has 0 radical (unpaired) electrons. The summed E-state index contributed by atoms with van der Waals surface area (Å²) in [5, 5.41) is 9.41. The van der Waals surface area contributed by atoms with Crippen molar-refractivity contribution in [2.45, 2.75) is 18.4 Å². The van der Waals surface area contributed by atoms with Crippen molar-refractivity contribution in [1.82, 2.24) is 0 Å². The van der Waals surface area contributed by atoms with Crippen LogP contribution in [0.5, 0.6) is 0 Å². The van der Waals surface area contributed by atoms with E-state index in [9.17, 15) is 5.11 Å². The summed E-state index contributed by atoms with van der Waals surface area (Å²) < 4.78 is 6.49. The highest BCUT2D eigenvalue weighted by Crippen LogP contribution is 2.40. The number of aryl methyl sites for hydroxylation is 1. The average Bonchev–Trinajstić information content (AvgIpc) is 2.57. The van der Waals surface area contributed by atoms with Gasteiger partial charge in [-0.25, -0.2) is 0 Å². The van der Waals surface area contributed by atoms with Crippen molar-refractivity contribution in [3.05, 3.63) is 33.8 Å². The van der Waals surface area contributed by atoms with Gasteiger partial charge >= 0.3 is 0 Å². The first-order valence-electron chi connectivity index (χ1n) is 4.67. The Morgan fingerprint density at radius 2 is 2.36 bits per heavy atom. The number of aliphatic hydroxyl groups excluding tert-OH is 1. The maximum atomic E-state index is 9.41. The molecule has 0 saturated heterocycles. The summed E-state index contributed by atoms with van der Waals surface area (Å²) in [6.07, 6.45) is 1.85. The van der Waals surface area contributed by atoms with Gasteiger partial charge in [0.1, 0.15) is 5.60 Å². The first-order valence-corrected chi connectivity index (χ1v) is 5.46. The smallest absolute Gasteiger partial charge is 0.116 e. The first kappa shape index (κ1) is 10.1. The topological polar surface area (TPSA) is 29.5 Å². The lowest BCUT2D eigenvalue weighted by Gasteiger charge is -2.26. The summed E-state index contributed by atoms with van der Waals surface area (Å²) >= 11 is 3.44. The fraction of sp³-hybridized carbons (Fsp3) is 0.455. The maximum Gasteiger partial charge on any atom is 0.116 e. The molecule has 1 N–H and O–H groups in total. The van der Waals surface area contributed by atoms with Gasteiger partial charge in [0.2, 0.25) is 0 Å². The molecule has 0 aliphatic heterocycles. The van der Waals surface area contributed by atoms with E-state index in [1.165, 1.54) is 5.56 Å². The molecule has 0 heterocycles. The van der Waals surface area contributed by atoms with E-state index in [0.717, 1.165) is 22.9 Å². The molecule has 2 nitrogen and oxygen atoms in total. The molecule has 0 bridgehead atoms. The molecule has 1 unspecified atom stereocenters. The molecular weight excluding hydrogens is 244 g/mol. The third-order valence-corrected chi connectivity index (χ3v) is 3.50. The third-order valence-electron chi connectivity index (χ3n) is 3.01. The van der Waals surface area contributed by atoms with E-state index in [2.05, 4.69) is 22.0 Å². The van der Waals surface area contributed by atoms with Gasteiger partial charge in [0, 0.05) is 11.6 Å². The van der Waals surface area contributed by atoms with Crippen LogP contribution in [0.15, 0.2) is 22.7 Å². The summed E-state index contributed by atoms with van der Waals surface area (Å²) in [6, 6.07) is 6.17. The number of hydrogen-bond donors (Lipinski definition) is 1. The lowest BCUT2D eigenvalue weighted by atomic mass is 9.97. The lowest BCUT2D eigenvalue weighted by Crippen LogP contribution is -2.29. The highest BCUT2D eigenvalue weighted by molar-refractivity contribution is 9.10. The number of methoxy groups -OCH3 is 1. The largest absolute Gasteiger partial charge is 0.393 e. The van der Waals surface area contributed by atoms with E-state index in [-0.39, 0.29) is 6.61 Å². The monoisotopic (exact) mass is 256 g/mol. The van der Waals surface area contributed by atoms with Gasteiger partial charge in [-0.05, 0) is 36.1 Å². The minimum absolute atomic E-state index is 0.0486. The minimum atomic E-state index is -0.473. The summed E-state index contributed by atoms with van der Waals surface area (Å²) in [5.74, 6) is 0. The summed E-state index contributed by atoms with van der Waals surface area (Å²) in [6.45, 7) is 0.0486. The number of hydrogen-bond acceptors (Lipinski definition) is 2. The predicted molar refractivity (Wildman–Crippen MR) is 58.2 cm³/mol. The fourth-order valence-electron chi connectivity index (χ4n) is 2.10. The van der Waals surface area contributed by atoms with Gasteiger partial charge < -0.3 is 9.84 Å². The van der Waals surface area contributed by atoms with Crippen LogP contribution in [0.1, 0.15) is 17.5 Å². The van der Waals surface area contributed by atoms with Gasteiger partial charge in [-0.3, -0.25) is 0 Å². The van der Waals surface area contributed by atoms with E-state index >= 15 is 0 Å². The van der Waals surface area contributed by atoms with Gasteiger partial charge in [0.25, 0.3) is 0 Å². The zero-order chi connectivity index (χ0) is 10.2. The van der Waals surface area contributed by atoms with Crippen LogP contribution in [0.3, 0.4) is 0 Å². The summed E-state index contributed by atoms with van der Waals surface area (Å²) in [7, 11) is 1.66. The number of halogens is 1. The predicted octanol–water partition coefficient (Wildman–Crippen LogP) is 2.23. The van der Waals surface area contributed by atoms with Gasteiger partial charge in [-0.2, -0.15) is 0 Å². The van der Waals surface area contributed by atoms with Gasteiger partial charge in [0.15, 0.2) is 0 Å². The van der Waals surface area contributed by atoms with Crippen molar-refractivity contribution in [1.29, 1.82) is 0 Å². The molecule has 2 rings (SSSR count). The van der Waals surface area contributed by atoms with Crippen LogP contribution in [-0.2, 0) is 16.8 Å². The Bertz CT molecular complexity index is 345. The number of rotatable bonds is 2. The van der Waals surface area contributed by atoms with Crippen molar-refractivity contribution in [2.24, 2.45) is 0 Å². The van der Waals surface area contributed by atoms with Gasteiger partial charge in [0.05, 0.1) is 6.61 Å². The summed E-state index contributed by atoms with van der Waals surface area (Å²) in [5.41, 5.74) is 1.93. The van der Waals surface area contributed by atoms with Crippen LogP contribution < -0.4 is 0 Å². The molecule has 76 valence electrons. The standard InChI is InChI=1S/C11H13BrO2/c1-14-11(7-13)5-4-8-2-3-9(12)6-10(8)11/h2-3,6,13H,4-5,7H2,1H3. The lowest BCUT2D eigenvalue weighted by molar-refractivity contribution is -0.0554. The molecule has 0 amide bonds. The first-order chi connectivity index (χ1) is 6.72. The second-order valence-electron chi connectivity index (χ2n) is 3.66. The average molecular weight is 257 g/mol. The number of aliphatic hydroxyl groups is 1. The van der Waals surface area contributed by atoms with E-state index in [1.54, 1.807) is 7.11 Å². The highest BCUT2D eigenvalue weighted by Gasteiger charge is 2.38. The molecule has 14 heavy (non-hydrogen) atoms. The van der Waals surface area contributed by atoms with E-state index in [1.807, 2.05) is 12.1 Å². The van der Waals surface area contributed by atoms with Crippen LogP contribution >= 0.6 is 15.9 Å².